The fraction of sp³-hybridized carbons (Fsp3) is 0.533. The number of nitro groups is 1. The number of rotatable bonds is 6. The highest BCUT2D eigenvalue weighted by atomic mass is 16.6. The van der Waals surface area contributed by atoms with Gasteiger partial charge in [0.2, 0.25) is 5.91 Å². The Kier molecular flexibility index (Phi) is 4.97. The number of hydrogen-bond acceptors (Lipinski definition) is 5. The first-order valence-electron chi connectivity index (χ1n) is 7.35. The van der Waals surface area contributed by atoms with Crippen molar-refractivity contribution in [3.05, 3.63) is 34.4 Å². The molecule has 120 valence electrons. The first-order chi connectivity index (χ1) is 10.4. The van der Waals surface area contributed by atoms with Gasteiger partial charge < -0.3 is 15.3 Å². The normalized spacial score (nSPS) is 16.3. The molecule has 0 spiro atoms. The number of para-hydroxylation sites is 2. The van der Waals surface area contributed by atoms with Gasteiger partial charge in [-0.25, -0.2) is 0 Å². The van der Waals surface area contributed by atoms with Gasteiger partial charge in [-0.2, -0.15) is 0 Å². The van der Waals surface area contributed by atoms with Crippen LogP contribution in [0, 0.1) is 10.1 Å². The molecule has 1 aromatic rings. The minimum Gasteiger partial charge on any atom is -0.388 e. The second kappa shape index (κ2) is 6.74. The van der Waals surface area contributed by atoms with Crippen molar-refractivity contribution in [3.8, 4) is 0 Å². The third-order valence-corrected chi connectivity index (χ3v) is 4.02. The zero-order valence-electron chi connectivity index (χ0n) is 12.6. The van der Waals surface area contributed by atoms with Gasteiger partial charge in [-0.15, -0.1) is 0 Å². The predicted molar refractivity (Wildman–Crippen MR) is 82.8 cm³/mol. The van der Waals surface area contributed by atoms with Crippen molar-refractivity contribution in [2.45, 2.75) is 31.3 Å². The lowest BCUT2D eigenvalue weighted by Gasteiger charge is -2.24. The van der Waals surface area contributed by atoms with Crippen LogP contribution in [0.4, 0.5) is 11.4 Å². The molecule has 0 heterocycles. The van der Waals surface area contributed by atoms with Gasteiger partial charge in [0.25, 0.3) is 5.69 Å². The molecule has 1 amide bonds. The van der Waals surface area contributed by atoms with Crippen molar-refractivity contribution in [2.75, 3.05) is 25.0 Å². The second-order valence-corrected chi connectivity index (χ2v) is 5.81. The maximum atomic E-state index is 12.0. The van der Waals surface area contributed by atoms with Crippen molar-refractivity contribution in [1.29, 1.82) is 0 Å². The number of anilines is 1. The van der Waals surface area contributed by atoms with Crippen LogP contribution in [0.3, 0.4) is 0 Å². The lowest BCUT2D eigenvalue weighted by molar-refractivity contribution is -0.384. The molecule has 7 heteroatoms. The van der Waals surface area contributed by atoms with E-state index in [1.165, 1.54) is 11.0 Å². The quantitative estimate of drug-likeness (QED) is 0.612. The Morgan fingerprint density at radius 2 is 2.05 bits per heavy atom. The molecule has 0 atom stereocenters. The zero-order chi connectivity index (χ0) is 16.2. The van der Waals surface area contributed by atoms with Gasteiger partial charge in [-0.3, -0.25) is 14.9 Å². The Bertz CT molecular complexity index is 555. The lowest BCUT2D eigenvalue weighted by Crippen LogP contribution is -2.44. The lowest BCUT2D eigenvalue weighted by atomic mass is 10.0. The van der Waals surface area contributed by atoms with E-state index in [9.17, 15) is 20.0 Å². The number of hydrogen-bond donors (Lipinski definition) is 2. The highest BCUT2D eigenvalue weighted by molar-refractivity contribution is 5.82. The number of carbonyl (C=O) groups excluding carboxylic acids is 1. The van der Waals surface area contributed by atoms with Crippen LogP contribution in [0.25, 0.3) is 0 Å². The van der Waals surface area contributed by atoms with E-state index in [0.717, 1.165) is 12.8 Å². The molecule has 0 aliphatic heterocycles. The maximum Gasteiger partial charge on any atom is 0.292 e. The van der Waals surface area contributed by atoms with Crippen LogP contribution in [-0.4, -0.2) is 41.7 Å². The average Bonchev–Trinajstić information content (AvgIpc) is 2.92. The van der Waals surface area contributed by atoms with Crippen LogP contribution in [0.5, 0.6) is 0 Å². The monoisotopic (exact) mass is 307 g/mol. The smallest absolute Gasteiger partial charge is 0.292 e. The number of benzene rings is 1. The van der Waals surface area contributed by atoms with Crippen LogP contribution in [0.15, 0.2) is 24.3 Å². The van der Waals surface area contributed by atoms with Crippen molar-refractivity contribution in [3.63, 3.8) is 0 Å². The Labute approximate surface area is 129 Å². The van der Waals surface area contributed by atoms with E-state index >= 15 is 0 Å². The van der Waals surface area contributed by atoms with Crippen LogP contribution >= 0.6 is 0 Å². The van der Waals surface area contributed by atoms with Crippen LogP contribution in [0.1, 0.15) is 25.7 Å². The Morgan fingerprint density at radius 3 is 2.68 bits per heavy atom. The average molecular weight is 307 g/mol. The maximum absolute atomic E-state index is 12.0. The van der Waals surface area contributed by atoms with E-state index in [0.29, 0.717) is 18.5 Å². The summed E-state index contributed by atoms with van der Waals surface area (Å²) in [6.07, 6.45) is 3.35. The summed E-state index contributed by atoms with van der Waals surface area (Å²) in [7, 11) is 1.63. The molecule has 1 saturated carbocycles. The minimum absolute atomic E-state index is 0.000926. The van der Waals surface area contributed by atoms with E-state index in [-0.39, 0.29) is 24.7 Å². The molecule has 0 radical (unpaired) electrons. The topological polar surface area (TPSA) is 95.7 Å². The first kappa shape index (κ1) is 16.2. The predicted octanol–water partition coefficient (Wildman–Crippen LogP) is 1.45. The first-order valence-corrected chi connectivity index (χ1v) is 7.35. The van der Waals surface area contributed by atoms with E-state index in [1.54, 1.807) is 25.2 Å². The number of aliphatic hydroxyl groups is 1. The summed E-state index contributed by atoms with van der Waals surface area (Å²) < 4.78 is 0. The minimum atomic E-state index is -0.799. The fourth-order valence-electron chi connectivity index (χ4n) is 2.77. The Balaban J connectivity index is 1.92. The van der Waals surface area contributed by atoms with Gasteiger partial charge in [0.15, 0.2) is 0 Å². The van der Waals surface area contributed by atoms with Gasteiger partial charge in [0.1, 0.15) is 5.69 Å². The molecule has 1 aliphatic carbocycles. The van der Waals surface area contributed by atoms with Crippen molar-refractivity contribution < 1.29 is 14.8 Å². The Morgan fingerprint density at radius 1 is 1.41 bits per heavy atom. The number of amides is 1. The van der Waals surface area contributed by atoms with E-state index in [1.807, 2.05) is 0 Å². The van der Waals surface area contributed by atoms with Gasteiger partial charge in [-0.05, 0) is 18.9 Å². The summed E-state index contributed by atoms with van der Waals surface area (Å²) in [5.41, 5.74) is -0.443. The summed E-state index contributed by atoms with van der Waals surface area (Å²) >= 11 is 0. The molecule has 2 N–H and O–H groups in total. The molecule has 1 fully saturated rings. The van der Waals surface area contributed by atoms with Crippen molar-refractivity contribution in [1.82, 2.24) is 5.32 Å². The Hall–Kier alpha value is -2.15. The van der Waals surface area contributed by atoms with E-state index in [4.69, 9.17) is 0 Å². The zero-order valence-corrected chi connectivity index (χ0v) is 12.6. The fourth-order valence-corrected chi connectivity index (χ4v) is 2.77. The molecule has 1 aliphatic rings. The third-order valence-electron chi connectivity index (χ3n) is 4.02. The summed E-state index contributed by atoms with van der Waals surface area (Å²) in [4.78, 5) is 24.0. The molecule has 1 aromatic carbocycles. The second-order valence-electron chi connectivity index (χ2n) is 5.81. The number of carbonyl (C=O) groups is 1. The highest BCUT2D eigenvalue weighted by Crippen LogP contribution is 2.29. The number of likely N-dealkylation sites (N-methyl/N-ethyl adjacent to an activating group) is 1. The van der Waals surface area contributed by atoms with Crippen LogP contribution in [-0.2, 0) is 4.79 Å². The van der Waals surface area contributed by atoms with Crippen LogP contribution < -0.4 is 10.2 Å². The van der Waals surface area contributed by atoms with E-state index < -0.39 is 10.5 Å². The number of nitrogens with zero attached hydrogens (tertiary/aromatic N) is 2. The molecule has 0 unspecified atom stereocenters. The third kappa shape index (κ3) is 3.94. The summed E-state index contributed by atoms with van der Waals surface area (Å²) in [5.74, 6) is -0.263. The number of nitrogens with one attached hydrogen (secondary N) is 1. The SMILES string of the molecule is CN(CC(=O)NCC1(O)CCCC1)c1ccccc1[N+](=O)[O-]. The van der Waals surface area contributed by atoms with E-state index in [2.05, 4.69) is 5.32 Å². The summed E-state index contributed by atoms with van der Waals surface area (Å²) in [6.45, 7) is 0.234. The van der Waals surface area contributed by atoms with Gasteiger partial charge >= 0.3 is 0 Å². The number of nitro benzene ring substituents is 1. The summed E-state index contributed by atoms with van der Waals surface area (Å²) in [5, 5.41) is 23.9. The van der Waals surface area contributed by atoms with Crippen molar-refractivity contribution in [2.24, 2.45) is 0 Å². The van der Waals surface area contributed by atoms with Gasteiger partial charge in [0.05, 0.1) is 17.1 Å². The van der Waals surface area contributed by atoms with Crippen molar-refractivity contribution >= 4 is 17.3 Å². The standard InChI is InChI=1S/C15H21N3O4/c1-17(12-6-2-3-7-13(12)18(21)22)10-14(19)16-11-15(20)8-4-5-9-15/h2-3,6-7,20H,4-5,8-11H2,1H3,(H,16,19). The summed E-state index contributed by atoms with van der Waals surface area (Å²) in [6, 6.07) is 6.30. The molecule has 7 nitrogen and oxygen atoms in total. The van der Waals surface area contributed by atoms with Gasteiger partial charge in [0, 0.05) is 19.7 Å². The van der Waals surface area contributed by atoms with Gasteiger partial charge in [-0.1, -0.05) is 25.0 Å². The molecular formula is C15H21N3O4. The molecule has 2 rings (SSSR count). The molecule has 22 heavy (non-hydrogen) atoms. The van der Waals surface area contributed by atoms with Crippen LogP contribution in [0.2, 0.25) is 0 Å². The molecule has 0 saturated heterocycles. The molecule has 0 bridgehead atoms. The molecule has 0 aromatic heterocycles. The molecular weight excluding hydrogens is 286 g/mol. The largest absolute Gasteiger partial charge is 0.388 e. The highest BCUT2D eigenvalue weighted by Gasteiger charge is 2.31.